The van der Waals surface area contributed by atoms with Crippen molar-refractivity contribution < 1.29 is 0 Å². The predicted molar refractivity (Wildman–Crippen MR) is 97.7 cm³/mol. The Morgan fingerprint density at radius 3 is 2.38 bits per heavy atom. The summed E-state index contributed by atoms with van der Waals surface area (Å²) in [4.78, 5) is 13.7. The third-order valence-electron chi connectivity index (χ3n) is 3.87. The van der Waals surface area contributed by atoms with Crippen LogP contribution in [-0.2, 0) is 12.8 Å². The van der Waals surface area contributed by atoms with E-state index in [-0.39, 0.29) is 0 Å². The zero-order valence-electron chi connectivity index (χ0n) is 13.3. The van der Waals surface area contributed by atoms with Gasteiger partial charge in [0.2, 0.25) is 0 Å². The van der Waals surface area contributed by atoms with Gasteiger partial charge in [-0.05, 0) is 5.56 Å². The fraction of sp³-hybridized carbons (Fsp3) is 0.105. The summed E-state index contributed by atoms with van der Waals surface area (Å²) in [5, 5.41) is 0.918. The number of rotatable bonds is 4. The Hall–Kier alpha value is -2.66. The molecule has 2 heterocycles. The number of benzene rings is 2. The van der Waals surface area contributed by atoms with Gasteiger partial charge in [-0.3, -0.25) is 0 Å². The molecule has 0 saturated carbocycles. The van der Waals surface area contributed by atoms with Gasteiger partial charge < -0.3 is 4.57 Å². The molecule has 118 valence electrons. The summed E-state index contributed by atoms with van der Waals surface area (Å²) >= 11 is 1.69. The van der Waals surface area contributed by atoms with Gasteiger partial charge in [0, 0.05) is 18.4 Å². The molecule has 24 heavy (non-hydrogen) atoms. The Kier molecular flexibility index (Phi) is 4.01. The van der Waals surface area contributed by atoms with Crippen molar-refractivity contribution >= 4 is 22.9 Å². The normalized spacial score (nSPS) is 11.0. The highest BCUT2D eigenvalue weighted by atomic mass is 32.2. The van der Waals surface area contributed by atoms with Crippen molar-refractivity contribution in [3.63, 3.8) is 0 Å². The Balaban J connectivity index is 1.72. The average molecular weight is 332 g/mol. The Morgan fingerprint density at radius 1 is 0.917 bits per heavy atom. The van der Waals surface area contributed by atoms with Gasteiger partial charge in [-0.15, -0.1) is 0 Å². The van der Waals surface area contributed by atoms with Crippen molar-refractivity contribution in [1.82, 2.24) is 19.5 Å². The molecule has 0 fully saturated rings. The highest BCUT2D eigenvalue weighted by molar-refractivity contribution is 7.98. The lowest BCUT2D eigenvalue weighted by Crippen LogP contribution is -1.94. The lowest BCUT2D eigenvalue weighted by Gasteiger charge is -2.02. The molecule has 4 nitrogen and oxygen atoms in total. The smallest absolute Gasteiger partial charge is 0.164 e. The molecule has 4 rings (SSSR count). The van der Waals surface area contributed by atoms with Gasteiger partial charge in [0.1, 0.15) is 22.7 Å². The summed E-state index contributed by atoms with van der Waals surface area (Å²) in [6.45, 7) is 0. The molecule has 0 N–H and O–H groups in total. The van der Waals surface area contributed by atoms with Crippen LogP contribution in [0.4, 0.5) is 0 Å². The summed E-state index contributed by atoms with van der Waals surface area (Å²) in [6, 6.07) is 20.6. The summed E-state index contributed by atoms with van der Waals surface area (Å²) in [5.41, 5.74) is 4.07. The molecule has 0 aliphatic carbocycles. The monoisotopic (exact) mass is 332 g/mol. The molecule has 0 bridgehead atoms. The quantitative estimate of drug-likeness (QED) is 0.412. The molecule has 0 spiro atoms. The maximum absolute atomic E-state index is 4.81. The SMILES string of the molecule is Cn1c(-c2ccccc2)nc2c(SCc3ccccc3)ncnc21. The summed E-state index contributed by atoms with van der Waals surface area (Å²) < 4.78 is 2.03. The maximum atomic E-state index is 4.81. The molecular weight excluding hydrogens is 316 g/mol. The molecule has 2 aromatic carbocycles. The molecule has 0 amide bonds. The maximum Gasteiger partial charge on any atom is 0.164 e. The van der Waals surface area contributed by atoms with Crippen molar-refractivity contribution in [1.29, 1.82) is 0 Å². The van der Waals surface area contributed by atoms with Gasteiger partial charge in [-0.1, -0.05) is 72.4 Å². The molecule has 2 aromatic heterocycles. The second-order valence-electron chi connectivity index (χ2n) is 5.49. The molecule has 0 unspecified atom stereocenters. The van der Waals surface area contributed by atoms with E-state index in [4.69, 9.17) is 4.98 Å². The third kappa shape index (κ3) is 2.78. The number of imidazole rings is 1. The molecule has 4 aromatic rings. The third-order valence-corrected chi connectivity index (χ3v) is 4.92. The van der Waals surface area contributed by atoms with Crippen LogP contribution in [0.2, 0.25) is 0 Å². The second-order valence-corrected chi connectivity index (χ2v) is 6.45. The number of aryl methyl sites for hydroxylation is 1. The van der Waals surface area contributed by atoms with Gasteiger partial charge in [-0.2, -0.15) is 0 Å². The molecule has 0 aliphatic rings. The number of hydrogen-bond donors (Lipinski definition) is 0. The first-order chi connectivity index (χ1) is 11.8. The molecule has 0 atom stereocenters. The van der Waals surface area contributed by atoms with Crippen LogP contribution < -0.4 is 0 Å². The summed E-state index contributed by atoms with van der Waals surface area (Å²) in [6.07, 6.45) is 1.62. The van der Waals surface area contributed by atoms with Gasteiger partial charge in [-0.25, -0.2) is 15.0 Å². The van der Waals surface area contributed by atoms with E-state index in [0.717, 1.165) is 33.3 Å². The topological polar surface area (TPSA) is 43.6 Å². The highest BCUT2D eigenvalue weighted by Gasteiger charge is 2.15. The van der Waals surface area contributed by atoms with E-state index in [2.05, 4.69) is 46.4 Å². The van der Waals surface area contributed by atoms with E-state index in [1.54, 1.807) is 18.1 Å². The number of fused-ring (bicyclic) bond motifs is 1. The van der Waals surface area contributed by atoms with Crippen LogP contribution in [0.5, 0.6) is 0 Å². The molecule has 0 aliphatic heterocycles. The van der Waals surface area contributed by atoms with E-state index in [1.165, 1.54) is 5.56 Å². The highest BCUT2D eigenvalue weighted by Crippen LogP contribution is 2.29. The van der Waals surface area contributed by atoms with E-state index < -0.39 is 0 Å². The molecular formula is C19H16N4S. The van der Waals surface area contributed by atoms with E-state index in [0.29, 0.717) is 0 Å². The number of thioether (sulfide) groups is 1. The summed E-state index contributed by atoms with van der Waals surface area (Å²) in [5.74, 6) is 1.78. The van der Waals surface area contributed by atoms with Crippen LogP contribution >= 0.6 is 11.8 Å². The number of nitrogens with zero attached hydrogens (tertiary/aromatic N) is 4. The minimum atomic E-state index is 0.861. The Morgan fingerprint density at radius 2 is 1.62 bits per heavy atom. The number of hydrogen-bond acceptors (Lipinski definition) is 4. The molecule has 0 radical (unpaired) electrons. The average Bonchev–Trinajstić information content (AvgIpc) is 2.99. The van der Waals surface area contributed by atoms with Crippen molar-refractivity contribution in [3.05, 3.63) is 72.6 Å². The predicted octanol–water partition coefficient (Wildman–Crippen LogP) is 4.32. The van der Waals surface area contributed by atoms with Gasteiger partial charge in [0.25, 0.3) is 0 Å². The van der Waals surface area contributed by atoms with Crippen LogP contribution in [0.3, 0.4) is 0 Å². The van der Waals surface area contributed by atoms with E-state index in [1.807, 2.05) is 35.9 Å². The first kappa shape index (κ1) is 14.9. The molecule has 5 heteroatoms. The van der Waals surface area contributed by atoms with Crippen molar-refractivity contribution in [3.8, 4) is 11.4 Å². The van der Waals surface area contributed by atoms with Crippen LogP contribution in [0.25, 0.3) is 22.6 Å². The minimum Gasteiger partial charge on any atom is -0.312 e. The van der Waals surface area contributed by atoms with Crippen molar-refractivity contribution in [2.75, 3.05) is 0 Å². The van der Waals surface area contributed by atoms with E-state index >= 15 is 0 Å². The first-order valence-corrected chi connectivity index (χ1v) is 8.71. The lowest BCUT2D eigenvalue weighted by atomic mass is 10.2. The van der Waals surface area contributed by atoms with Crippen LogP contribution in [0.15, 0.2) is 72.0 Å². The van der Waals surface area contributed by atoms with Crippen molar-refractivity contribution in [2.24, 2.45) is 7.05 Å². The second kappa shape index (κ2) is 6.45. The van der Waals surface area contributed by atoms with Crippen LogP contribution in [0, 0.1) is 0 Å². The summed E-state index contributed by atoms with van der Waals surface area (Å²) in [7, 11) is 2.00. The first-order valence-electron chi connectivity index (χ1n) is 7.72. The standard InChI is InChI=1S/C19H16N4S/c1-23-17(15-10-6-3-7-11-15)22-16-18(23)20-13-21-19(16)24-12-14-8-4-2-5-9-14/h2-11,13H,12H2,1H3. The Bertz CT molecular complexity index is 965. The van der Waals surface area contributed by atoms with E-state index in [9.17, 15) is 0 Å². The van der Waals surface area contributed by atoms with Crippen LogP contribution in [0.1, 0.15) is 5.56 Å². The zero-order chi connectivity index (χ0) is 16.4. The lowest BCUT2D eigenvalue weighted by molar-refractivity contribution is 0.935. The molecule has 0 saturated heterocycles. The largest absolute Gasteiger partial charge is 0.312 e. The zero-order valence-corrected chi connectivity index (χ0v) is 14.1. The van der Waals surface area contributed by atoms with Crippen LogP contribution in [-0.4, -0.2) is 19.5 Å². The van der Waals surface area contributed by atoms with Gasteiger partial charge in [0.05, 0.1) is 0 Å². The minimum absolute atomic E-state index is 0.861. The van der Waals surface area contributed by atoms with Crippen molar-refractivity contribution in [2.45, 2.75) is 10.8 Å². The van der Waals surface area contributed by atoms with Gasteiger partial charge in [0.15, 0.2) is 5.65 Å². The van der Waals surface area contributed by atoms with Gasteiger partial charge >= 0.3 is 0 Å². The fourth-order valence-electron chi connectivity index (χ4n) is 2.66. The number of aromatic nitrogens is 4. The Labute approximate surface area is 144 Å². The fourth-order valence-corrected chi connectivity index (χ4v) is 3.55.